The van der Waals surface area contributed by atoms with Crippen LogP contribution in [0.2, 0.25) is 0 Å². The fourth-order valence-electron chi connectivity index (χ4n) is 5.69. The predicted octanol–water partition coefficient (Wildman–Crippen LogP) is 5.05. The van der Waals surface area contributed by atoms with Crippen molar-refractivity contribution in [1.29, 1.82) is 0 Å². The van der Waals surface area contributed by atoms with Gasteiger partial charge in [0.1, 0.15) is 31.6 Å². The lowest BCUT2D eigenvalue weighted by atomic mass is 9.95. The Kier molecular flexibility index (Phi) is 10.0. The molecule has 234 valence electrons. The Morgan fingerprint density at radius 2 is 1.61 bits per heavy atom. The number of hydrogen-bond donors (Lipinski definition) is 1. The van der Waals surface area contributed by atoms with E-state index in [9.17, 15) is 22.4 Å². The highest BCUT2D eigenvalue weighted by Gasteiger charge is 2.35. The molecule has 1 aliphatic carbocycles. The van der Waals surface area contributed by atoms with Gasteiger partial charge < -0.3 is 19.7 Å². The van der Waals surface area contributed by atoms with Gasteiger partial charge in [-0.25, -0.2) is 12.8 Å². The summed E-state index contributed by atoms with van der Waals surface area (Å²) < 4.78 is 54.2. The van der Waals surface area contributed by atoms with Crippen molar-refractivity contribution in [2.24, 2.45) is 0 Å². The van der Waals surface area contributed by atoms with E-state index >= 15 is 0 Å². The fraction of sp³-hybridized carbons (Fsp3) is 0.394. The van der Waals surface area contributed by atoms with Gasteiger partial charge in [-0.05, 0) is 61.2 Å². The number of halogens is 1. The summed E-state index contributed by atoms with van der Waals surface area (Å²) in [6.07, 6.45) is 5.25. The third-order valence-electron chi connectivity index (χ3n) is 8.03. The molecule has 1 fully saturated rings. The van der Waals surface area contributed by atoms with E-state index in [0.29, 0.717) is 36.7 Å². The molecule has 0 unspecified atom stereocenters. The van der Waals surface area contributed by atoms with Crippen LogP contribution in [0.25, 0.3) is 0 Å². The molecule has 2 aliphatic rings. The molecule has 9 nitrogen and oxygen atoms in total. The number of nitrogens with one attached hydrogen (secondary N) is 1. The minimum atomic E-state index is -4.22. The topological polar surface area (TPSA) is 105 Å². The molecule has 5 rings (SSSR count). The molecule has 1 saturated carbocycles. The fourth-order valence-corrected chi connectivity index (χ4v) is 7.11. The lowest BCUT2D eigenvalue weighted by Crippen LogP contribution is -2.54. The van der Waals surface area contributed by atoms with Gasteiger partial charge in [-0.3, -0.25) is 13.9 Å². The molecule has 44 heavy (non-hydrogen) atoms. The molecule has 0 saturated heterocycles. The zero-order valence-corrected chi connectivity index (χ0v) is 25.6. The van der Waals surface area contributed by atoms with E-state index in [-0.39, 0.29) is 29.1 Å². The molecule has 0 aromatic heterocycles. The molecule has 1 N–H and O–H groups in total. The zero-order chi connectivity index (χ0) is 31.1. The van der Waals surface area contributed by atoms with E-state index in [1.807, 2.05) is 6.92 Å². The minimum absolute atomic E-state index is 0.00390. The van der Waals surface area contributed by atoms with Gasteiger partial charge in [-0.15, -0.1) is 0 Å². The molecule has 1 atom stereocenters. The maximum Gasteiger partial charge on any atom is 0.264 e. The number of anilines is 1. The maximum atomic E-state index is 14.3. The first kappa shape index (κ1) is 31.3. The molecule has 3 aromatic carbocycles. The highest BCUT2D eigenvalue weighted by atomic mass is 32.2. The number of fused-ring (bicyclic) bond motifs is 1. The number of ether oxygens (including phenoxy) is 2. The SMILES string of the molecule is CC[C@@H](C(=O)NC1CCCCC1)N(Cc1ccc(F)cc1)C(=O)CN(c1ccc2c(c1)OCCO2)S(=O)(=O)c1ccccc1. The first-order valence-corrected chi connectivity index (χ1v) is 16.5. The van der Waals surface area contributed by atoms with Crippen molar-refractivity contribution in [2.45, 2.75) is 69.0 Å². The largest absolute Gasteiger partial charge is 0.486 e. The van der Waals surface area contributed by atoms with E-state index in [0.717, 1.165) is 36.4 Å². The Morgan fingerprint density at radius 1 is 0.932 bits per heavy atom. The summed E-state index contributed by atoms with van der Waals surface area (Å²) in [5.41, 5.74) is 0.827. The quantitative estimate of drug-likeness (QED) is 0.321. The van der Waals surface area contributed by atoms with Crippen LogP contribution >= 0.6 is 0 Å². The zero-order valence-electron chi connectivity index (χ0n) is 24.8. The first-order chi connectivity index (χ1) is 21.3. The van der Waals surface area contributed by atoms with Gasteiger partial charge in [0.05, 0.1) is 10.6 Å². The second kappa shape index (κ2) is 14.1. The molecule has 0 bridgehead atoms. The maximum absolute atomic E-state index is 14.3. The number of amides is 2. The summed E-state index contributed by atoms with van der Waals surface area (Å²) in [7, 11) is -4.22. The molecular weight excluding hydrogens is 585 g/mol. The predicted molar refractivity (Wildman–Crippen MR) is 164 cm³/mol. The normalized spacial score (nSPS) is 15.7. The summed E-state index contributed by atoms with van der Waals surface area (Å²) in [5.74, 6) is -0.434. The third kappa shape index (κ3) is 7.32. The smallest absolute Gasteiger partial charge is 0.264 e. The van der Waals surface area contributed by atoms with E-state index in [1.54, 1.807) is 48.5 Å². The highest BCUT2D eigenvalue weighted by Crippen LogP contribution is 2.36. The van der Waals surface area contributed by atoms with Gasteiger partial charge >= 0.3 is 0 Å². The average molecular weight is 624 g/mol. The summed E-state index contributed by atoms with van der Waals surface area (Å²) in [6, 6.07) is 17.5. The van der Waals surface area contributed by atoms with Gasteiger partial charge in [-0.1, -0.05) is 56.5 Å². The molecule has 0 radical (unpaired) electrons. The number of rotatable bonds is 11. The standard InChI is InChI=1S/C33H38FN3O6S/c1-2-29(33(39)35-26-9-5-3-6-10-26)36(22-24-13-15-25(34)16-14-24)32(38)23-37(44(40,41)28-11-7-4-8-12-28)27-17-18-30-31(21-27)43-20-19-42-30/h4,7-8,11-18,21,26,29H,2-3,5-6,9-10,19-20,22-23H2,1H3,(H,35,39)/t29-/m0/s1. The number of benzene rings is 3. The van der Waals surface area contributed by atoms with Crippen LogP contribution in [0.5, 0.6) is 11.5 Å². The van der Waals surface area contributed by atoms with Crippen LogP contribution in [-0.2, 0) is 26.2 Å². The Labute approximate surface area is 258 Å². The van der Waals surface area contributed by atoms with Crippen LogP contribution in [0.15, 0.2) is 77.7 Å². The lowest BCUT2D eigenvalue weighted by molar-refractivity contribution is -0.140. The Morgan fingerprint density at radius 3 is 2.30 bits per heavy atom. The molecule has 1 aliphatic heterocycles. The lowest BCUT2D eigenvalue weighted by Gasteiger charge is -2.34. The summed E-state index contributed by atoms with van der Waals surface area (Å²) in [4.78, 5) is 29.3. The highest BCUT2D eigenvalue weighted by molar-refractivity contribution is 7.92. The van der Waals surface area contributed by atoms with Crippen LogP contribution in [0.3, 0.4) is 0 Å². The Hall–Kier alpha value is -4.12. The number of carbonyl (C=O) groups excluding carboxylic acids is 2. The van der Waals surface area contributed by atoms with Crippen molar-refractivity contribution in [1.82, 2.24) is 10.2 Å². The van der Waals surface area contributed by atoms with Crippen molar-refractivity contribution >= 4 is 27.5 Å². The van der Waals surface area contributed by atoms with E-state index in [1.165, 1.54) is 29.2 Å². The summed E-state index contributed by atoms with van der Waals surface area (Å²) in [6.45, 7) is 1.91. The summed E-state index contributed by atoms with van der Waals surface area (Å²) in [5, 5.41) is 3.12. The first-order valence-electron chi connectivity index (χ1n) is 15.1. The van der Waals surface area contributed by atoms with Crippen LogP contribution in [0.1, 0.15) is 51.0 Å². The van der Waals surface area contributed by atoms with Crippen LogP contribution in [0, 0.1) is 5.82 Å². The van der Waals surface area contributed by atoms with E-state index < -0.39 is 34.3 Å². The third-order valence-corrected chi connectivity index (χ3v) is 9.82. The van der Waals surface area contributed by atoms with Gasteiger partial charge in [0, 0.05) is 18.7 Å². The molecule has 3 aromatic rings. The number of nitrogens with zero attached hydrogens (tertiary/aromatic N) is 2. The second-order valence-corrected chi connectivity index (χ2v) is 12.9. The van der Waals surface area contributed by atoms with E-state index in [2.05, 4.69) is 5.32 Å². The molecular formula is C33H38FN3O6S. The number of sulfonamides is 1. The van der Waals surface area contributed by atoms with Crippen LogP contribution in [0.4, 0.5) is 10.1 Å². The van der Waals surface area contributed by atoms with Crippen molar-refractivity contribution in [3.63, 3.8) is 0 Å². The van der Waals surface area contributed by atoms with Crippen LogP contribution in [-0.4, -0.2) is 57.0 Å². The van der Waals surface area contributed by atoms with Crippen molar-refractivity contribution in [3.8, 4) is 11.5 Å². The van der Waals surface area contributed by atoms with E-state index in [4.69, 9.17) is 9.47 Å². The van der Waals surface area contributed by atoms with Gasteiger partial charge in [0.2, 0.25) is 11.8 Å². The Balaban J connectivity index is 1.50. The molecule has 1 heterocycles. The molecule has 2 amide bonds. The monoisotopic (exact) mass is 623 g/mol. The van der Waals surface area contributed by atoms with Gasteiger partial charge in [0.15, 0.2) is 11.5 Å². The minimum Gasteiger partial charge on any atom is -0.486 e. The van der Waals surface area contributed by atoms with Crippen LogP contribution < -0.4 is 19.1 Å². The molecule has 11 heteroatoms. The molecule has 0 spiro atoms. The number of carbonyl (C=O) groups is 2. The van der Waals surface area contributed by atoms with Crippen molar-refractivity contribution < 1.29 is 31.9 Å². The van der Waals surface area contributed by atoms with Crippen molar-refractivity contribution in [3.05, 3.63) is 84.2 Å². The van der Waals surface area contributed by atoms with Gasteiger partial charge in [-0.2, -0.15) is 0 Å². The summed E-state index contributed by atoms with van der Waals surface area (Å²) >= 11 is 0. The average Bonchev–Trinajstić information content (AvgIpc) is 3.05. The van der Waals surface area contributed by atoms with Crippen molar-refractivity contribution in [2.75, 3.05) is 24.1 Å². The number of hydrogen-bond acceptors (Lipinski definition) is 6. The second-order valence-electron chi connectivity index (χ2n) is 11.1. The van der Waals surface area contributed by atoms with Gasteiger partial charge in [0.25, 0.3) is 10.0 Å². The Bertz CT molecular complexity index is 1550.